The van der Waals surface area contributed by atoms with Crippen LogP contribution in [0.5, 0.6) is 11.5 Å². The number of thioether (sulfide) groups is 2. The molecule has 0 spiro atoms. The summed E-state index contributed by atoms with van der Waals surface area (Å²) in [7, 11) is -2.05. The lowest BCUT2D eigenvalue weighted by molar-refractivity contribution is -0.118. The van der Waals surface area contributed by atoms with Gasteiger partial charge >= 0.3 is 0 Å². The molecule has 156 valence electrons. The molecule has 1 aliphatic heterocycles. The van der Waals surface area contributed by atoms with Crippen molar-refractivity contribution in [1.29, 1.82) is 0 Å². The van der Waals surface area contributed by atoms with Crippen LogP contribution in [0.2, 0.25) is 0 Å². The zero-order valence-corrected chi connectivity index (χ0v) is 18.5. The second-order valence-electron chi connectivity index (χ2n) is 6.24. The van der Waals surface area contributed by atoms with Crippen LogP contribution in [-0.4, -0.2) is 45.8 Å². The Morgan fingerprint density at radius 2 is 1.86 bits per heavy atom. The van der Waals surface area contributed by atoms with Crippen LogP contribution in [0.15, 0.2) is 42.5 Å². The summed E-state index contributed by atoms with van der Waals surface area (Å²) in [6, 6.07) is 12.4. The van der Waals surface area contributed by atoms with Crippen LogP contribution in [-0.2, 0) is 14.8 Å². The summed E-state index contributed by atoms with van der Waals surface area (Å²) in [5.41, 5.74) is 1.76. The molecule has 1 amide bonds. The molecule has 2 aromatic carbocycles. The number of carbonyl (C=O) groups excluding carboxylic acids is 1. The summed E-state index contributed by atoms with van der Waals surface area (Å²) in [5, 5.41) is 2.71. The molecule has 0 saturated carbocycles. The van der Waals surface area contributed by atoms with E-state index in [2.05, 4.69) is 10.0 Å². The second-order valence-corrected chi connectivity index (χ2v) is 10.7. The number of nitrogens with one attached hydrogen (secondary N) is 2. The summed E-state index contributed by atoms with van der Waals surface area (Å²) in [6.45, 7) is -0.153. The molecule has 0 atom stereocenters. The Labute approximate surface area is 179 Å². The lowest BCUT2D eigenvalue weighted by atomic mass is 10.2. The molecular weight excluding hydrogens is 432 g/mol. The Hall–Kier alpha value is -2.04. The summed E-state index contributed by atoms with van der Waals surface area (Å²) >= 11 is 3.74. The van der Waals surface area contributed by atoms with Crippen LogP contribution < -0.4 is 19.5 Å². The summed E-state index contributed by atoms with van der Waals surface area (Å²) < 4.78 is 36.7. The Bertz CT molecular complexity index is 976. The van der Waals surface area contributed by atoms with E-state index in [1.54, 1.807) is 12.1 Å². The van der Waals surface area contributed by atoms with E-state index >= 15 is 0 Å². The fraction of sp³-hybridized carbons (Fsp3) is 0.316. The van der Waals surface area contributed by atoms with Crippen molar-refractivity contribution in [1.82, 2.24) is 0 Å². The van der Waals surface area contributed by atoms with E-state index in [1.165, 1.54) is 13.2 Å². The third-order valence-electron chi connectivity index (χ3n) is 3.93. The van der Waals surface area contributed by atoms with Gasteiger partial charge in [-0.3, -0.25) is 9.52 Å². The predicted octanol–water partition coefficient (Wildman–Crippen LogP) is 3.56. The maximum atomic E-state index is 12.4. The molecule has 1 fully saturated rings. The van der Waals surface area contributed by atoms with Crippen molar-refractivity contribution in [2.24, 2.45) is 0 Å². The number of ether oxygens (including phenoxy) is 2. The van der Waals surface area contributed by atoms with Crippen LogP contribution >= 0.6 is 23.5 Å². The molecule has 0 radical (unpaired) electrons. The Morgan fingerprint density at radius 3 is 2.55 bits per heavy atom. The summed E-state index contributed by atoms with van der Waals surface area (Å²) in [6.07, 6.45) is 1.05. The zero-order chi connectivity index (χ0) is 20.9. The van der Waals surface area contributed by atoms with Crippen molar-refractivity contribution in [3.05, 3.63) is 48.0 Å². The molecule has 0 aromatic heterocycles. The molecule has 2 N–H and O–H groups in total. The van der Waals surface area contributed by atoms with Gasteiger partial charge in [-0.2, -0.15) is 0 Å². The molecular formula is C19H22N2O5S3. The molecule has 29 heavy (non-hydrogen) atoms. The van der Waals surface area contributed by atoms with E-state index in [4.69, 9.17) is 9.47 Å². The number of sulfonamides is 1. The van der Waals surface area contributed by atoms with Gasteiger partial charge in [-0.15, -0.1) is 23.5 Å². The van der Waals surface area contributed by atoms with E-state index in [1.807, 2.05) is 47.8 Å². The van der Waals surface area contributed by atoms with Gasteiger partial charge in [0.2, 0.25) is 10.0 Å². The first-order valence-electron chi connectivity index (χ1n) is 8.76. The lowest BCUT2D eigenvalue weighted by Crippen LogP contribution is -2.20. The van der Waals surface area contributed by atoms with Crippen LogP contribution in [0.4, 0.5) is 11.4 Å². The minimum Gasteiger partial charge on any atom is -0.495 e. The van der Waals surface area contributed by atoms with E-state index in [0.717, 1.165) is 23.3 Å². The minimum atomic E-state index is -3.49. The van der Waals surface area contributed by atoms with Crippen LogP contribution in [0, 0.1) is 0 Å². The molecule has 0 aliphatic carbocycles. The van der Waals surface area contributed by atoms with Gasteiger partial charge in [0.25, 0.3) is 5.91 Å². The number of benzene rings is 2. The highest BCUT2D eigenvalue weighted by molar-refractivity contribution is 8.19. The first kappa shape index (κ1) is 21.7. The first-order valence-corrected chi connectivity index (χ1v) is 12.8. The van der Waals surface area contributed by atoms with E-state index in [9.17, 15) is 13.2 Å². The minimum absolute atomic E-state index is 0.153. The maximum Gasteiger partial charge on any atom is 0.262 e. The van der Waals surface area contributed by atoms with Crippen LogP contribution in [0.3, 0.4) is 0 Å². The fourth-order valence-corrected chi connectivity index (χ4v) is 6.22. The van der Waals surface area contributed by atoms with E-state index in [-0.39, 0.29) is 18.2 Å². The van der Waals surface area contributed by atoms with Gasteiger partial charge in [0.05, 0.1) is 23.6 Å². The van der Waals surface area contributed by atoms with Gasteiger partial charge in [0.15, 0.2) is 6.61 Å². The standard InChI is InChI=1S/C19H22N2O5S3/c1-25-17-8-7-13(11-15(17)21-29(2,23)24)20-18(22)12-26-16-6-4-3-5-14(16)19-27-9-10-28-19/h3-8,11,19,21H,9-10,12H2,1-2H3,(H,20,22). The van der Waals surface area contributed by atoms with Crippen molar-refractivity contribution in [2.45, 2.75) is 4.58 Å². The third kappa shape index (κ3) is 6.22. The molecule has 2 aromatic rings. The normalized spacial score (nSPS) is 14.4. The van der Waals surface area contributed by atoms with Crippen molar-refractivity contribution in [3.63, 3.8) is 0 Å². The van der Waals surface area contributed by atoms with Gasteiger partial charge in [0.1, 0.15) is 11.5 Å². The number of hydrogen-bond acceptors (Lipinski definition) is 7. The zero-order valence-electron chi connectivity index (χ0n) is 16.0. The first-order chi connectivity index (χ1) is 13.9. The van der Waals surface area contributed by atoms with Crippen LogP contribution in [0.1, 0.15) is 10.1 Å². The molecule has 1 aliphatic rings. The van der Waals surface area contributed by atoms with Crippen molar-refractivity contribution < 1.29 is 22.7 Å². The number of anilines is 2. The van der Waals surface area contributed by atoms with Crippen LogP contribution in [0.25, 0.3) is 0 Å². The smallest absolute Gasteiger partial charge is 0.262 e. The number of para-hydroxylation sites is 1. The highest BCUT2D eigenvalue weighted by atomic mass is 32.2. The van der Waals surface area contributed by atoms with Gasteiger partial charge in [-0.1, -0.05) is 18.2 Å². The monoisotopic (exact) mass is 454 g/mol. The van der Waals surface area contributed by atoms with Crippen molar-refractivity contribution in [3.8, 4) is 11.5 Å². The fourth-order valence-electron chi connectivity index (χ4n) is 2.75. The Morgan fingerprint density at radius 1 is 1.14 bits per heavy atom. The highest BCUT2D eigenvalue weighted by Crippen LogP contribution is 2.48. The molecule has 7 nitrogen and oxygen atoms in total. The second kappa shape index (κ2) is 9.64. The summed E-state index contributed by atoms with van der Waals surface area (Å²) in [5.74, 6) is 2.91. The number of hydrogen-bond donors (Lipinski definition) is 2. The number of carbonyl (C=O) groups is 1. The maximum absolute atomic E-state index is 12.4. The van der Waals surface area contributed by atoms with E-state index in [0.29, 0.717) is 21.8 Å². The lowest BCUT2D eigenvalue weighted by Gasteiger charge is -2.15. The largest absolute Gasteiger partial charge is 0.495 e. The van der Waals surface area contributed by atoms with Gasteiger partial charge < -0.3 is 14.8 Å². The number of amides is 1. The average Bonchev–Trinajstić information content (AvgIpc) is 3.20. The Kier molecular flexibility index (Phi) is 7.20. The third-order valence-corrected chi connectivity index (χ3v) is 7.59. The van der Waals surface area contributed by atoms with E-state index < -0.39 is 10.0 Å². The Balaban J connectivity index is 1.65. The highest BCUT2D eigenvalue weighted by Gasteiger charge is 2.22. The van der Waals surface area contributed by atoms with Gasteiger partial charge in [-0.05, 0) is 24.3 Å². The number of methoxy groups -OCH3 is 1. The predicted molar refractivity (Wildman–Crippen MR) is 120 cm³/mol. The van der Waals surface area contributed by atoms with Gasteiger partial charge in [-0.25, -0.2) is 8.42 Å². The molecule has 3 rings (SSSR count). The van der Waals surface area contributed by atoms with Gasteiger partial charge in [0, 0.05) is 22.8 Å². The SMILES string of the molecule is COc1ccc(NC(=O)COc2ccccc2C2SCCS2)cc1NS(C)(=O)=O. The molecule has 1 heterocycles. The topological polar surface area (TPSA) is 93.7 Å². The van der Waals surface area contributed by atoms with Crippen molar-refractivity contribution in [2.75, 3.05) is 41.5 Å². The molecule has 0 bridgehead atoms. The van der Waals surface area contributed by atoms with Crippen molar-refractivity contribution >= 4 is 50.8 Å². The molecule has 1 saturated heterocycles. The number of rotatable bonds is 8. The molecule has 0 unspecified atom stereocenters. The molecule has 10 heteroatoms. The quantitative estimate of drug-likeness (QED) is 0.630. The average molecular weight is 455 g/mol. The summed E-state index contributed by atoms with van der Waals surface area (Å²) in [4.78, 5) is 12.4.